The molecule has 0 radical (unpaired) electrons. The van der Waals surface area contributed by atoms with Crippen LogP contribution in [0.2, 0.25) is 0 Å². The molecule has 3 heterocycles. The third kappa shape index (κ3) is 4.65. The highest BCUT2D eigenvalue weighted by Gasteiger charge is 2.25. The summed E-state index contributed by atoms with van der Waals surface area (Å²) < 4.78 is 0. The molecule has 33 heavy (non-hydrogen) atoms. The van der Waals surface area contributed by atoms with E-state index in [0.29, 0.717) is 28.4 Å². The maximum atomic E-state index is 11.6. The second-order valence-electron chi connectivity index (χ2n) is 9.05. The molecule has 1 saturated heterocycles. The third-order valence-corrected chi connectivity index (χ3v) is 6.73. The molecule has 0 bridgehead atoms. The van der Waals surface area contributed by atoms with Crippen molar-refractivity contribution in [3.05, 3.63) is 36.0 Å². The van der Waals surface area contributed by atoms with Crippen LogP contribution in [0.25, 0.3) is 11.0 Å². The van der Waals surface area contributed by atoms with Gasteiger partial charge in [0, 0.05) is 49.3 Å². The van der Waals surface area contributed by atoms with Crippen molar-refractivity contribution in [2.75, 3.05) is 48.8 Å². The highest BCUT2D eigenvalue weighted by molar-refractivity contribution is 6.02. The van der Waals surface area contributed by atoms with Crippen molar-refractivity contribution in [3.63, 3.8) is 0 Å². The van der Waals surface area contributed by atoms with E-state index in [0.717, 1.165) is 63.8 Å². The zero-order valence-electron chi connectivity index (χ0n) is 18.9. The molecule has 1 aliphatic heterocycles. The average Bonchev–Trinajstić information content (AvgIpc) is 3.25. The Morgan fingerprint density at radius 3 is 2.58 bits per heavy atom. The summed E-state index contributed by atoms with van der Waals surface area (Å²) in [5, 5.41) is 17.8. The molecular weight excluding hydrogens is 418 g/mol. The van der Waals surface area contributed by atoms with Crippen molar-refractivity contribution in [2.45, 2.75) is 37.8 Å². The zero-order valence-corrected chi connectivity index (χ0v) is 18.9. The first-order chi connectivity index (χ1) is 16.1. The lowest BCUT2D eigenvalue weighted by Gasteiger charge is -2.34. The van der Waals surface area contributed by atoms with Crippen LogP contribution in [0, 0.1) is 0 Å². The van der Waals surface area contributed by atoms with Gasteiger partial charge in [0.15, 0.2) is 6.29 Å². The van der Waals surface area contributed by atoms with E-state index in [1.54, 1.807) is 6.20 Å². The number of aromatic amines is 1. The summed E-state index contributed by atoms with van der Waals surface area (Å²) in [7, 11) is 2.15. The lowest BCUT2D eigenvalue weighted by atomic mass is 9.92. The number of carbonyl (C=O) groups excluding carboxylic acids is 1. The summed E-state index contributed by atoms with van der Waals surface area (Å²) in [5.41, 5.74) is 3.18. The highest BCUT2D eigenvalue weighted by Crippen LogP contribution is 2.29. The smallest absolute Gasteiger partial charge is 0.231 e. The van der Waals surface area contributed by atoms with E-state index >= 15 is 0 Å². The molecule has 0 spiro atoms. The summed E-state index contributed by atoms with van der Waals surface area (Å²) >= 11 is 0. The van der Waals surface area contributed by atoms with Crippen LogP contribution in [0.1, 0.15) is 36.0 Å². The number of aliphatic hydroxyl groups excluding tert-OH is 1. The fourth-order valence-electron chi connectivity index (χ4n) is 4.71. The lowest BCUT2D eigenvalue weighted by molar-refractivity contribution is 0.112. The molecule has 9 nitrogen and oxygen atoms in total. The molecule has 1 saturated carbocycles. The minimum atomic E-state index is -0.430. The van der Waals surface area contributed by atoms with Gasteiger partial charge in [0.25, 0.3) is 0 Å². The quantitative estimate of drug-likeness (QED) is 0.425. The van der Waals surface area contributed by atoms with Crippen molar-refractivity contribution in [3.8, 4) is 0 Å². The van der Waals surface area contributed by atoms with Crippen molar-refractivity contribution < 1.29 is 9.90 Å². The Bertz CT molecular complexity index is 1110. The van der Waals surface area contributed by atoms with Gasteiger partial charge in [-0.25, -0.2) is 0 Å². The molecule has 5 rings (SSSR count). The van der Waals surface area contributed by atoms with E-state index in [1.165, 1.54) is 5.69 Å². The summed E-state index contributed by atoms with van der Waals surface area (Å²) in [6, 6.07) is 8.20. The SMILES string of the molecule is CN1CCN(c2ccc(Nc3nc(NC4CCCCC4O)c4c(C=O)c[nH]c4n3)cc2)CC1. The Balaban J connectivity index is 1.38. The second kappa shape index (κ2) is 9.36. The van der Waals surface area contributed by atoms with E-state index in [4.69, 9.17) is 0 Å². The number of anilines is 4. The number of hydrogen-bond donors (Lipinski definition) is 4. The number of likely N-dealkylation sites (N-methyl/N-ethyl adjacent to an activating group) is 1. The Morgan fingerprint density at radius 2 is 1.85 bits per heavy atom. The van der Waals surface area contributed by atoms with Crippen LogP contribution in [0.15, 0.2) is 30.5 Å². The van der Waals surface area contributed by atoms with Gasteiger partial charge in [-0.05, 0) is 44.2 Å². The van der Waals surface area contributed by atoms with Crippen LogP contribution in [0.3, 0.4) is 0 Å². The Kier molecular flexibility index (Phi) is 6.15. The average molecular weight is 450 g/mol. The van der Waals surface area contributed by atoms with Crippen LogP contribution in [0.4, 0.5) is 23.1 Å². The number of fused-ring (bicyclic) bond motifs is 1. The first kappa shape index (κ1) is 21.7. The van der Waals surface area contributed by atoms with Gasteiger partial charge in [-0.1, -0.05) is 12.8 Å². The van der Waals surface area contributed by atoms with Crippen molar-refractivity contribution in [2.24, 2.45) is 0 Å². The summed E-state index contributed by atoms with van der Waals surface area (Å²) in [6.07, 6.45) is 5.73. The van der Waals surface area contributed by atoms with Crippen LogP contribution >= 0.6 is 0 Å². The number of aldehydes is 1. The fourth-order valence-corrected chi connectivity index (χ4v) is 4.71. The van der Waals surface area contributed by atoms with Crippen LogP contribution in [-0.4, -0.2) is 76.6 Å². The molecule has 9 heteroatoms. The van der Waals surface area contributed by atoms with Gasteiger partial charge in [0.1, 0.15) is 11.5 Å². The van der Waals surface area contributed by atoms with Crippen LogP contribution in [-0.2, 0) is 0 Å². The number of piperazine rings is 1. The maximum Gasteiger partial charge on any atom is 0.231 e. The molecule has 2 fully saturated rings. The lowest BCUT2D eigenvalue weighted by Crippen LogP contribution is -2.44. The minimum absolute atomic E-state index is 0.0954. The predicted octanol–water partition coefficient (Wildman–Crippen LogP) is 2.98. The van der Waals surface area contributed by atoms with E-state index < -0.39 is 6.10 Å². The predicted molar refractivity (Wildman–Crippen MR) is 131 cm³/mol. The second-order valence-corrected chi connectivity index (χ2v) is 9.05. The van der Waals surface area contributed by atoms with E-state index in [1.807, 2.05) is 12.1 Å². The zero-order chi connectivity index (χ0) is 22.8. The van der Waals surface area contributed by atoms with Gasteiger partial charge in [-0.15, -0.1) is 0 Å². The molecule has 2 atom stereocenters. The summed E-state index contributed by atoms with van der Waals surface area (Å²) in [5.74, 6) is 0.993. The van der Waals surface area contributed by atoms with Gasteiger partial charge >= 0.3 is 0 Å². The normalized spacial score (nSPS) is 21.8. The van der Waals surface area contributed by atoms with Crippen molar-refractivity contribution in [1.29, 1.82) is 0 Å². The number of nitrogens with one attached hydrogen (secondary N) is 3. The number of H-pyrrole nitrogens is 1. The standard InChI is InChI=1S/C24H31N7O2/c1-30-10-12-31(13-11-30)18-8-6-17(7-9-18)26-24-28-22-21(16(15-32)14-25-22)23(29-24)27-19-4-2-3-5-20(19)33/h6-9,14-15,19-20,33H,2-5,10-13H2,1H3,(H3,25,26,27,28,29). The maximum absolute atomic E-state index is 11.6. The van der Waals surface area contributed by atoms with E-state index in [-0.39, 0.29) is 6.04 Å². The van der Waals surface area contributed by atoms with E-state index in [2.05, 4.69) is 54.6 Å². The number of carbonyl (C=O) groups is 1. The number of aliphatic hydroxyl groups is 1. The first-order valence-electron chi connectivity index (χ1n) is 11.7. The monoisotopic (exact) mass is 449 g/mol. The third-order valence-electron chi connectivity index (χ3n) is 6.73. The largest absolute Gasteiger partial charge is 0.391 e. The molecule has 174 valence electrons. The van der Waals surface area contributed by atoms with Gasteiger partial charge in [0.05, 0.1) is 17.5 Å². The van der Waals surface area contributed by atoms with Crippen molar-refractivity contribution >= 4 is 40.5 Å². The topological polar surface area (TPSA) is 109 Å². The minimum Gasteiger partial charge on any atom is -0.391 e. The Hall–Kier alpha value is -3.17. The van der Waals surface area contributed by atoms with E-state index in [9.17, 15) is 9.90 Å². The van der Waals surface area contributed by atoms with Crippen LogP contribution in [0.5, 0.6) is 0 Å². The van der Waals surface area contributed by atoms with Crippen LogP contribution < -0.4 is 15.5 Å². The Labute approximate surface area is 193 Å². The molecule has 3 aromatic rings. The Morgan fingerprint density at radius 1 is 1.09 bits per heavy atom. The first-order valence-corrected chi connectivity index (χ1v) is 11.7. The number of hydrogen-bond acceptors (Lipinski definition) is 8. The van der Waals surface area contributed by atoms with Gasteiger partial charge < -0.3 is 30.5 Å². The molecule has 2 unspecified atom stereocenters. The van der Waals surface area contributed by atoms with Gasteiger partial charge in [-0.3, -0.25) is 4.79 Å². The molecule has 2 aliphatic rings. The number of aromatic nitrogens is 3. The van der Waals surface area contributed by atoms with Gasteiger partial charge in [0.2, 0.25) is 5.95 Å². The summed E-state index contributed by atoms with van der Waals surface area (Å²) in [4.78, 5) is 28.6. The molecule has 2 aromatic heterocycles. The van der Waals surface area contributed by atoms with Crippen molar-refractivity contribution in [1.82, 2.24) is 19.9 Å². The highest BCUT2D eigenvalue weighted by atomic mass is 16.3. The molecule has 0 amide bonds. The molecule has 1 aliphatic carbocycles. The molecular formula is C24H31N7O2. The number of nitrogens with zero attached hydrogens (tertiary/aromatic N) is 4. The molecule has 4 N–H and O–H groups in total. The number of rotatable bonds is 6. The number of benzene rings is 1. The molecule has 1 aromatic carbocycles. The fraction of sp³-hybridized carbons (Fsp3) is 0.458. The summed E-state index contributed by atoms with van der Waals surface area (Å²) in [6.45, 7) is 4.18. The van der Waals surface area contributed by atoms with Gasteiger partial charge in [-0.2, -0.15) is 9.97 Å².